The lowest BCUT2D eigenvalue weighted by Gasteiger charge is -2.44. The largest absolute Gasteiger partial charge is 0.492 e. The first-order valence-corrected chi connectivity index (χ1v) is 9.71. The van der Waals surface area contributed by atoms with Crippen LogP contribution < -0.4 is 10.1 Å². The fraction of sp³-hybridized carbons (Fsp3) is 0.500. The van der Waals surface area contributed by atoms with Crippen molar-refractivity contribution in [3.8, 4) is 5.75 Å². The third kappa shape index (κ3) is 5.77. The maximum Gasteiger partial charge on any atom is 0.328 e. The number of carbonyl (C=O) groups excluding carboxylic acids is 1. The van der Waals surface area contributed by atoms with Crippen LogP contribution >= 0.6 is 0 Å². The number of piperidine rings is 3. The summed E-state index contributed by atoms with van der Waals surface area (Å²) in [6.07, 6.45) is 7.20. The number of carboxylic acid groups (broad SMARTS) is 2. The van der Waals surface area contributed by atoms with Gasteiger partial charge in [-0.3, -0.25) is 4.79 Å². The van der Waals surface area contributed by atoms with E-state index in [-0.39, 0.29) is 11.9 Å². The number of nitrogens with zero attached hydrogens (tertiary/aromatic N) is 2. The predicted molar refractivity (Wildman–Crippen MR) is 103 cm³/mol. The monoisotopic (exact) mass is 403 g/mol. The number of nitrogens with one attached hydrogen (secondary N) is 1. The van der Waals surface area contributed by atoms with E-state index < -0.39 is 11.9 Å². The quantitative estimate of drug-likeness (QED) is 0.634. The molecule has 9 heteroatoms. The summed E-state index contributed by atoms with van der Waals surface area (Å²) in [5, 5.41) is 18.8. The van der Waals surface area contributed by atoms with Crippen LogP contribution in [0.1, 0.15) is 35.3 Å². The van der Waals surface area contributed by atoms with Crippen LogP contribution in [0, 0.1) is 5.92 Å². The lowest BCUT2D eigenvalue weighted by Crippen LogP contribution is -2.57. The number of aryl methyl sites for hydroxylation is 1. The zero-order chi connectivity index (χ0) is 20.8. The second-order valence-electron chi connectivity index (χ2n) is 7.36. The first kappa shape index (κ1) is 20.8. The van der Waals surface area contributed by atoms with Gasteiger partial charge in [-0.15, -0.1) is 0 Å². The molecule has 1 amide bonds. The highest BCUT2D eigenvalue weighted by Gasteiger charge is 2.35. The molecule has 3 fully saturated rings. The van der Waals surface area contributed by atoms with Crippen molar-refractivity contribution in [2.24, 2.45) is 5.92 Å². The number of rotatable bonds is 4. The Morgan fingerprint density at radius 3 is 2.45 bits per heavy atom. The average Bonchev–Trinajstić information content (AvgIpc) is 2.73. The number of ether oxygens (including phenoxy) is 1. The zero-order valence-corrected chi connectivity index (χ0v) is 16.0. The standard InChI is InChI=1S/C16H21N3O2.C4H4O4/c20-16(18-14-10-19-5-3-11(14)4-6-19)13-8-12-2-1-7-21-15(12)9-17-13;5-3(6)1-2-4(7)8/h8-9,11,14H,1-7,10H2,(H,18,20);1-2H,(H,5,6)(H,7,8)/b;2-1+. The molecule has 2 bridgehead atoms. The summed E-state index contributed by atoms with van der Waals surface area (Å²) in [5.74, 6) is -1.08. The highest BCUT2D eigenvalue weighted by Crippen LogP contribution is 2.28. The maximum absolute atomic E-state index is 12.4. The minimum atomic E-state index is -1.26. The topological polar surface area (TPSA) is 129 Å². The van der Waals surface area contributed by atoms with Crippen LogP contribution in [0.2, 0.25) is 0 Å². The molecule has 5 heterocycles. The molecular weight excluding hydrogens is 378 g/mol. The molecule has 0 aromatic carbocycles. The Hall–Kier alpha value is -2.94. The lowest BCUT2D eigenvalue weighted by molar-refractivity contribution is -0.134. The molecule has 0 aliphatic carbocycles. The number of aromatic nitrogens is 1. The first-order valence-electron chi connectivity index (χ1n) is 9.71. The Kier molecular flexibility index (Phi) is 6.82. The number of carboxylic acids is 2. The van der Waals surface area contributed by atoms with Crippen molar-refractivity contribution in [1.29, 1.82) is 0 Å². The molecule has 4 aliphatic rings. The first-order chi connectivity index (χ1) is 13.9. The Labute approximate surface area is 168 Å². The van der Waals surface area contributed by atoms with Crippen LogP contribution in [0.4, 0.5) is 0 Å². The number of pyridine rings is 1. The van der Waals surface area contributed by atoms with E-state index in [9.17, 15) is 14.4 Å². The van der Waals surface area contributed by atoms with Gasteiger partial charge in [-0.1, -0.05) is 0 Å². The van der Waals surface area contributed by atoms with Crippen LogP contribution in [-0.2, 0) is 16.0 Å². The number of amides is 1. The third-order valence-electron chi connectivity index (χ3n) is 5.37. The van der Waals surface area contributed by atoms with Gasteiger partial charge in [0.15, 0.2) is 0 Å². The molecule has 5 rings (SSSR count). The van der Waals surface area contributed by atoms with Gasteiger partial charge in [0.05, 0.1) is 12.8 Å². The molecule has 4 aliphatic heterocycles. The number of fused-ring (bicyclic) bond motifs is 4. The molecule has 0 saturated carbocycles. The van der Waals surface area contributed by atoms with Crippen molar-refractivity contribution in [1.82, 2.24) is 15.2 Å². The van der Waals surface area contributed by atoms with Crippen LogP contribution in [0.3, 0.4) is 0 Å². The SMILES string of the molecule is O=C(NC1CN2CCC1CC2)c1cc2c(cn1)OCCC2.O=C(O)/C=C/C(=O)O. The van der Waals surface area contributed by atoms with Gasteiger partial charge in [0, 0.05) is 24.7 Å². The van der Waals surface area contributed by atoms with Crippen LogP contribution in [0.15, 0.2) is 24.4 Å². The van der Waals surface area contributed by atoms with Crippen molar-refractivity contribution in [2.75, 3.05) is 26.2 Å². The normalized spacial score (nSPS) is 24.6. The molecule has 0 spiro atoms. The summed E-state index contributed by atoms with van der Waals surface area (Å²) in [6.45, 7) is 4.11. The Balaban J connectivity index is 0.000000258. The zero-order valence-electron chi connectivity index (χ0n) is 16.0. The summed E-state index contributed by atoms with van der Waals surface area (Å²) >= 11 is 0. The van der Waals surface area contributed by atoms with Gasteiger partial charge >= 0.3 is 11.9 Å². The summed E-state index contributed by atoms with van der Waals surface area (Å²) in [5.41, 5.74) is 1.63. The molecule has 3 saturated heterocycles. The van der Waals surface area contributed by atoms with Gasteiger partial charge in [-0.2, -0.15) is 0 Å². The fourth-order valence-electron chi connectivity index (χ4n) is 3.89. The summed E-state index contributed by atoms with van der Waals surface area (Å²) in [7, 11) is 0. The predicted octanol–water partition coefficient (Wildman–Crippen LogP) is 0.942. The van der Waals surface area contributed by atoms with Gasteiger partial charge in [-0.25, -0.2) is 14.6 Å². The van der Waals surface area contributed by atoms with Crippen molar-refractivity contribution >= 4 is 17.8 Å². The number of hydrogen-bond donors (Lipinski definition) is 3. The van der Waals surface area contributed by atoms with E-state index >= 15 is 0 Å². The summed E-state index contributed by atoms with van der Waals surface area (Å²) in [6, 6.07) is 2.18. The molecule has 1 aromatic rings. The average molecular weight is 403 g/mol. The van der Waals surface area contributed by atoms with Gasteiger partial charge in [0.2, 0.25) is 0 Å². The van der Waals surface area contributed by atoms with Gasteiger partial charge in [-0.05, 0) is 56.3 Å². The second kappa shape index (κ2) is 9.51. The molecule has 156 valence electrons. The number of carbonyl (C=O) groups is 3. The van der Waals surface area contributed by atoms with Crippen molar-refractivity contribution in [2.45, 2.75) is 31.7 Å². The van der Waals surface area contributed by atoms with E-state index in [1.807, 2.05) is 6.07 Å². The second-order valence-corrected chi connectivity index (χ2v) is 7.36. The number of aliphatic carboxylic acids is 2. The van der Waals surface area contributed by atoms with E-state index in [2.05, 4.69) is 15.2 Å². The summed E-state index contributed by atoms with van der Waals surface area (Å²) in [4.78, 5) is 38.3. The van der Waals surface area contributed by atoms with E-state index in [0.29, 0.717) is 23.8 Å². The van der Waals surface area contributed by atoms with Gasteiger partial charge < -0.3 is 25.2 Å². The highest BCUT2D eigenvalue weighted by atomic mass is 16.5. The maximum atomic E-state index is 12.4. The fourth-order valence-corrected chi connectivity index (χ4v) is 3.89. The van der Waals surface area contributed by atoms with Crippen molar-refractivity contribution < 1.29 is 29.3 Å². The van der Waals surface area contributed by atoms with E-state index in [1.54, 1.807) is 6.20 Å². The van der Waals surface area contributed by atoms with Crippen LogP contribution in [-0.4, -0.2) is 70.2 Å². The molecule has 3 N–H and O–H groups in total. The minimum Gasteiger partial charge on any atom is -0.492 e. The van der Waals surface area contributed by atoms with Gasteiger partial charge in [0.1, 0.15) is 11.4 Å². The smallest absolute Gasteiger partial charge is 0.328 e. The summed E-state index contributed by atoms with van der Waals surface area (Å²) < 4.78 is 5.55. The third-order valence-corrected chi connectivity index (χ3v) is 5.37. The molecule has 1 aromatic heterocycles. The van der Waals surface area contributed by atoms with Crippen molar-refractivity contribution in [3.63, 3.8) is 0 Å². The molecule has 1 atom stereocenters. The molecule has 9 nitrogen and oxygen atoms in total. The van der Waals surface area contributed by atoms with Crippen LogP contribution in [0.25, 0.3) is 0 Å². The van der Waals surface area contributed by atoms with Crippen molar-refractivity contribution in [3.05, 3.63) is 35.7 Å². The molecular formula is C20H25N3O6. The van der Waals surface area contributed by atoms with Gasteiger partial charge in [0.25, 0.3) is 5.91 Å². The van der Waals surface area contributed by atoms with E-state index in [1.165, 1.54) is 25.9 Å². The Morgan fingerprint density at radius 1 is 1.17 bits per heavy atom. The van der Waals surface area contributed by atoms with Crippen LogP contribution in [0.5, 0.6) is 5.75 Å². The van der Waals surface area contributed by atoms with E-state index in [4.69, 9.17) is 14.9 Å². The molecule has 1 unspecified atom stereocenters. The van der Waals surface area contributed by atoms with E-state index in [0.717, 1.165) is 37.3 Å². The Bertz CT molecular complexity index is 785. The molecule has 29 heavy (non-hydrogen) atoms. The lowest BCUT2D eigenvalue weighted by atomic mass is 9.84. The minimum absolute atomic E-state index is 0.0397. The highest BCUT2D eigenvalue weighted by molar-refractivity contribution is 5.92. The molecule has 0 radical (unpaired) electrons. The Morgan fingerprint density at radius 2 is 1.86 bits per heavy atom. The number of hydrogen-bond acceptors (Lipinski definition) is 6.